The van der Waals surface area contributed by atoms with Crippen molar-refractivity contribution in [2.45, 2.75) is 38.3 Å². The van der Waals surface area contributed by atoms with Gasteiger partial charge in [-0.05, 0) is 45.1 Å². The van der Waals surface area contributed by atoms with E-state index in [1.807, 2.05) is 0 Å². The van der Waals surface area contributed by atoms with E-state index >= 15 is 0 Å². The van der Waals surface area contributed by atoms with Crippen LogP contribution in [0, 0.1) is 5.92 Å². The Balaban J connectivity index is 2.29. The van der Waals surface area contributed by atoms with Gasteiger partial charge in [-0.25, -0.2) is 4.39 Å². The highest BCUT2D eigenvalue weighted by Crippen LogP contribution is 2.38. The van der Waals surface area contributed by atoms with Gasteiger partial charge in [-0.1, -0.05) is 0 Å². The Morgan fingerprint density at radius 1 is 1.70 bits per heavy atom. The van der Waals surface area contributed by atoms with Gasteiger partial charge in [-0.3, -0.25) is 0 Å². The summed E-state index contributed by atoms with van der Waals surface area (Å²) in [5.74, 6) is 0.556. The van der Waals surface area contributed by atoms with E-state index in [1.165, 1.54) is 0 Å². The minimum absolute atomic E-state index is 0.556. The summed E-state index contributed by atoms with van der Waals surface area (Å²) in [6, 6.07) is 0. The molecule has 0 saturated heterocycles. The SMILES string of the molecule is CC1(F)CCC(CCN)C1. The molecule has 2 unspecified atom stereocenters. The predicted octanol–water partition coefficient (Wildman–Crippen LogP) is 1.86. The van der Waals surface area contributed by atoms with Crippen molar-refractivity contribution in [3.05, 3.63) is 0 Å². The standard InChI is InChI=1S/C8H16FN/c1-8(9)4-2-7(6-8)3-5-10/h7H,2-6,10H2,1H3. The van der Waals surface area contributed by atoms with E-state index in [0.717, 1.165) is 25.7 Å². The fourth-order valence-corrected chi connectivity index (χ4v) is 1.79. The third-order valence-electron chi connectivity index (χ3n) is 2.36. The van der Waals surface area contributed by atoms with Gasteiger partial charge in [-0.15, -0.1) is 0 Å². The van der Waals surface area contributed by atoms with Crippen molar-refractivity contribution in [3.63, 3.8) is 0 Å². The van der Waals surface area contributed by atoms with Crippen LogP contribution in [0.1, 0.15) is 32.6 Å². The zero-order chi connectivity index (χ0) is 7.61. The fourth-order valence-electron chi connectivity index (χ4n) is 1.79. The molecule has 1 rings (SSSR count). The zero-order valence-electron chi connectivity index (χ0n) is 6.57. The Hall–Kier alpha value is -0.110. The van der Waals surface area contributed by atoms with Gasteiger partial charge in [-0.2, -0.15) is 0 Å². The molecular weight excluding hydrogens is 129 g/mol. The van der Waals surface area contributed by atoms with E-state index < -0.39 is 5.67 Å². The average molecular weight is 145 g/mol. The Labute approximate surface area is 61.8 Å². The molecule has 0 aromatic heterocycles. The van der Waals surface area contributed by atoms with Crippen LogP contribution < -0.4 is 5.73 Å². The molecule has 0 aromatic rings. The summed E-state index contributed by atoms with van der Waals surface area (Å²) >= 11 is 0. The quantitative estimate of drug-likeness (QED) is 0.630. The Morgan fingerprint density at radius 2 is 2.40 bits per heavy atom. The minimum atomic E-state index is -0.889. The molecule has 1 aliphatic carbocycles. The zero-order valence-corrected chi connectivity index (χ0v) is 6.57. The molecule has 60 valence electrons. The summed E-state index contributed by atoms with van der Waals surface area (Å²) in [4.78, 5) is 0. The van der Waals surface area contributed by atoms with Gasteiger partial charge in [0.15, 0.2) is 0 Å². The highest BCUT2D eigenvalue weighted by atomic mass is 19.1. The summed E-state index contributed by atoms with van der Waals surface area (Å²) in [5.41, 5.74) is 4.49. The summed E-state index contributed by atoms with van der Waals surface area (Å²) < 4.78 is 13.1. The first kappa shape index (κ1) is 7.99. The summed E-state index contributed by atoms with van der Waals surface area (Å²) in [6.45, 7) is 2.41. The lowest BCUT2D eigenvalue weighted by Gasteiger charge is -2.11. The third-order valence-corrected chi connectivity index (χ3v) is 2.36. The molecule has 0 heterocycles. The van der Waals surface area contributed by atoms with E-state index in [4.69, 9.17) is 5.73 Å². The number of halogens is 1. The number of hydrogen-bond acceptors (Lipinski definition) is 1. The predicted molar refractivity (Wildman–Crippen MR) is 40.5 cm³/mol. The fraction of sp³-hybridized carbons (Fsp3) is 1.00. The van der Waals surface area contributed by atoms with Crippen molar-refractivity contribution in [1.29, 1.82) is 0 Å². The van der Waals surface area contributed by atoms with Crippen LogP contribution in [0.2, 0.25) is 0 Å². The second-order valence-corrected chi connectivity index (χ2v) is 3.60. The van der Waals surface area contributed by atoms with Gasteiger partial charge >= 0.3 is 0 Å². The van der Waals surface area contributed by atoms with E-state index in [2.05, 4.69) is 0 Å². The smallest absolute Gasteiger partial charge is 0.108 e. The third kappa shape index (κ3) is 1.94. The van der Waals surface area contributed by atoms with Gasteiger partial charge in [0.05, 0.1) is 0 Å². The number of alkyl halides is 1. The van der Waals surface area contributed by atoms with E-state index in [9.17, 15) is 4.39 Å². The minimum Gasteiger partial charge on any atom is -0.330 e. The molecule has 2 N–H and O–H groups in total. The van der Waals surface area contributed by atoms with Crippen molar-refractivity contribution in [1.82, 2.24) is 0 Å². The van der Waals surface area contributed by atoms with Crippen LogP contribution in [-0.4, -0.2) is 12.2 Å². The van der Waals surface area contributed by atoms with E-state index in [1.54, 1.807) is 6.92 Å². The molecule has 0 bridgehead atoms. The Morgan fingerprint density at radius 3 is 2.80 bits per heavy atom. The lowest BCUT2D eigenvalue weighted by atomic mass is 10.0. The van der Waals surface area contributed by atoms with Gasteiger partial charge in [0.25, 0.3) is 0 Å². The average Bonchev–Trinajstić information content (AvgIpc) is 2.12. The molecule has 0 aliphatic heterocycles. The maximum atomic E-state index is 13.1. The second kappa shape index (κ2) is 2.87. The van der Waals surface area contributed by atoms with Crippen LogP contribution in [0.15, 0.2) is 0 Å². The molecule has 1 nitrogen and oxygen atoms in total. The molecule has 0 aromatic carbocycles. The number of nitrogens with two attached hydrogens (primary N) is 1. The van der Waals surface area contributed by atoms with Crippen molar-refractivity contribution < 1.29 is 4.39 Å². The van der Waals surface area contributed by atoms with Crippen LogP contribution in [0.25, 0.3) is 0 Å². The molecule has 2 atom stereocenters. The Kier molecular flexibility index (Phi) is 2.29. The van der Waals surface area contributed by atoms with Gasteiger partial charge in [0.1, 0.15) is 5.67 Å². The Bertz CT molecular complexity index is 112. The second-order valence-electron chi connectivity index (χ2n) is 3.60. The van der Waals surface area contributed by atoms with Crippen molar-refractivity contribution >= 4 is 0 Å². The highest BCUT2D eigenvalue weighted by Gasteiger charge is 2.34. The van der Waals surface area contributed by atoms with Crippen LogP contribution in [0.5, 0.6) is 0 Å². The highest BCUT2D eigenvalue weighted by molar-refractivity contribution is 4.85. The molecular formula is C8H16FN. The van der Waals surface area contributed by atoms with Crippen molar-refractivity contribution in [2.24, 2.45) is 11.7 Å². The van der Waals surface area contributed by atoms with Gasteiger partial charge in [0.2, 0.25) is 0 Å². The lowest BCUT2D eigenvalue weighted by molar-refractivity contribution is 0.191. The number of rotatable bonds is 2. The summed E-state index contributed by atoms with van der Waals surface area (Å²) in [7, 11) is 0. The van der Waals surface area contributed by atoms with Crippen LogP contribution >= 0.6 is 0 Å². The summed E-state index contributed by atoms with van der Waals surface area (Å²) in [5, 5.41) is 0. The van der Waals surface area contributed by atoms with Crippen LogP contribution in [0.4, 0.5) is 4.39 Å². The van der Waals surface area contributed by atoms with Crippen LogP contribution in [-0.2, 0) is 0 Å². The maximum Gasteiger partial charge on any atom is 0.108 e. The molecule has 1 fully saturated rings. The van der Waals surface area contributed by atoms with E-state index in [-0.39, 0.29) is 0 Å². The van der Waals surface area contributed by atoms with Crippen LogP contribution in [0.3, 0.4) is 0 Å². The van der Waals surface area contributed by atoms with Gasteiger partial charge < -0.3 is 5.73 Å². The molecule has 1 aliphatic rings. The maximum absolute atomic E-state index is 13.1. The molecule has 0 spiro atoms. The molecule has 0 radical (unpaired) electrons. The monoisotopic (exact) mass is 145 g/mol. The largest absolute Gasteiger partial charge is 0.330 e. The van der Waals surface area contributed by atoms with Gasteiger partial charge in [0, 0.05) is 0 Å². The first-order chi connectivity index (χ1) is 4.64. The molecule has 0 amide bonds. The normalized spacial score (nSPS) is 40.5. The van der Waals surface area contributed by atoms with E-state index in [0.29, 0.717) is 12.5 Å². The van der Waals surface area contributed by atoms with Crippen molar-refractivity contribution in [2.75, 3.05) is 6.54 Å². The topological polar surface area (TPSA) is 26.0 Å². The molecule has 1 saturated carbocycles. The lowest BCUT2D eigenvalue weighted by Crippen LogP contribution is -2.13. The first-order valence-corrected chi connectivity index (χ1v) is 4.03. The first-order valence-electron chi connectivity index (χ1n) is 4.03. The molecule has 2 heteroatoms. The number of hydrogen-bond donors (Lipinski definition) is 1. The van der Waals surface area contributed by atoms with Crippen molar-refractivity contribution in [3.8, 4) is 0 Å². The summed E-state index contributed by atoms with van der Waals surface area (Å²) in [6.07, 6.45) is 3.49. The molecule has 10 heavy (non-hydrogen) atoms.